The minimum absolute atomic E-state index is 0.124. The van der Waals surface area contributed by atoms with E-state index in [1.165, 1.54) is 19.1 Å². The number of likely N-dealkylation sites (tertiary alicyclic amines) is 1. The van der Waals surface area contributed by atoms with Gasteiger partial charge in [-0.1, -0.05) is 12.1 Å². The molecular weight excluding hydrogens is 475 g/mol. The van der Waals surface area contributed by atoms with Crippen molar-refractivity contribution in [1.82, 2.24) is 4.90 Å². The number of hydrogen-bond donors (Lipinski definition) is 0. The molecule has 1 aliphatic heterocycles. The van der Waals surface area contributed by atoms with E-state index in [2.05, 4.69) is 4.90 Å². The Bertz CT molecular complexity index is 964. The molecule has 0 N–H and O–H groups in total. The van der Waals surface area contributed by atoms with Crippen LogP contribution in [0.5, 0.6) is 0 Å². The lowest BCUT2D eigenvalue weighted by atomic mass is 9.87. The molecule has 0 unspecified atom stereocenters. The first-order valence-electron chi connectivity index (χ1n) is 11.8. The van der Waals surface area contributed by atoms with Crippen LogP contribution in [0, 0.1) is 11.7 Å². The Balaban J connectivity index is 1.60. The van der Waals surface area contributed by atoms with E-state index < -0.39 is 35.7 Å². The molecule has 4 rings (SSSR count). The maximum atomic E-state index is 13.6. The minimum atomic E-state index is -4.92. The molecule has 192 valence electrons. The van der Waals surface area contributed by atoms with E-state index in [4.69, 9.17) is 4.74 Å². The topological polar surface area (TPSA) is 12.5 Å². The monoisotopic (exact) mass is 503 g/mol. The van der Waals surface area contributed by atoms with Crippen molar-refractivity contribution < 1.29 is 35.5 Å². The summed E-state index contributed by atoms with van der Waals surface area (Å²) in [5, 5.41) is 0. The van der Waals surface area contributed by atoms with Gasteiger partial charge in [-0.2, -0.15) is 26.3 Å². The van der Waals surface area contributed by atoms with E-state index >= 15 is 0 Å². The molecule has 1 aliphatic carbocycles. The molecule has 0 spiro atoms. The highest BCUT2D eigenvalue weighted by Gasteiger charge is 2.41. The standard InChI is InChI=1S/C26H28F7NO/c1-16(19-12-20(25(28,29)30)14-21(13-19)26(31,32)33)35-23-9-6-18(15-34-10-2-3-11-34)24(23)17-4-7-22(27)8-5-17/h4-5,7-8,12-14,16,18,23-24H,2-3,6,9-11,15H2,1H3/t16-,18+,23+,24+/m1/s1. The van der Waals surface area contributed by atoms with Crippen molar-refractivity contribution in [2.75, 3.05) is 19.6 Å². The lowest BCUT2D eigenvalue weighted by Gasteiger charge is -2.30. The summed E-state index contributed by atoms with van der Waals surface area (Å²) < 4.78 is 99.7. The van der Waals surface area contributed by atoms with Gasteiger partial charge < -0.3 is 9.64 Å². The van der Waals surface area contributed by atoms with E-state index in [1.54, 1.807) is 12.1 Å². The lowest BCUT2D eigenvalue weighted by molar-refractivity contribution is -0.143. The van der Waals surface area contributed by atoms with E-state index in [9.17, 15) is 30.7 Å². The van der Waals surface area contributed by atoms with Gasteiger partial charge in [0.1, 0.15) is 5.82 Å². The van der Waals surface area contributed by atoms with E-state index in [-0.39, 0.29) is 29.3 Å². The molecule has 0 radical (unpaired) electrons. The lowest BCUT2D eigenvalue weighted by Crippen LogP contribution is -2.31. The second kappa shape index (κ2) is 10.1. The number of halogens is 7. The van der Waals surface area contributed by atoms with Crippen molar-refractivity contribution in [2.45, 2.75) is 63.1 Å². The molecule has 1 saturated carbocycles. The summed E-state index contributed by atoms with van der Waals surface area (Å²) in [5.74, 6) is -0.313. The van der Waals surface area contributed by atoms with Crippen LogP contribution in [0.2, 0.25) is 0 Å². The Morgan fingerprint density at radius 2 is 1.46 bits per heavy atom. The van der Waals surface area contributed by atoms with Crippen molar-refractivity contribution in [1.29, 1.82) is 0 Å². The molecule has 0 aromatic heterocycles. The van der Waals surface area contributed by atoms with E-state index in [0.717, 1.165) is 56.6 Å². The highest BCUT2D eigenvalue weighted by Crippen LogP contribution is 2.45. The zero-order chi connectivity index (χ0) is 25.4. The van der Waals surface area contributed by atoms with Gasteiger partial charge in [-0.3, -0.25) is 0 Å². The summed E-state index contributed by atoms with van der Waals surface area (Å²) in [4.78, 5) is 2.37. The Morgan fingerprint density at radius 3 is 2.00 bits per heavy atom. The number of hydrogen-bond acceptors (Lipinski definition) is 2. The highest BCUT2D eigenvalue weighted by atomic mass is 19.4. The van der Waals surface area contributed by atoms with Gasteiger partial charge in [0, 0.05) is 12.5 Å². The first kappa shape index (κ1) is 25.9. The van der Waals surface area contributed by atoms with Crippen molar-refractivity contribution in [2.24, 2.45) is 5.92 Å². The molecule has 2 aliphatic rings. The van der Waals surface area contributed by atoms with Crippen molar-refractivity contribution in [3.05, 3.63) is 70.5 Å². The number of nitrogens with zero attached hydrogens (tertiary/aromatic N) is 1. The van der Waals surface area contributed by atoms with Crippen LogP contribution in [0.15, 0.2) is 42.5 Å². The average molecular weight is 504 g/mol. The molecule has 9 heteroatoms. The number of benzene rings is 2. The normalized spacial score (nSPS) is 24.7. The minimum Gasteiger partial charge on any atom is -0.370 e. The average Bonchev–Trinajstić information content (AvgIpc) is 3.43. The first-order valence-corrected chi connectivity index (χ1v) is 11.8. The van der Waals surface area contributed by atoms with E-state index in [1.807, 2.05) is 0 Å². The first-order chi connectivity index (χ1) is 16.4. The molecule has 4 atom stereocenters. The summed E-state index contributed by atoms with van der Waals surface area (Å²) in [6.07, 6.45) is -7.54. The molecule has 2 fully saturated rings. The Hall–Kier alpha value is -2.13. The van der Waals surface area contributed by atoms with Crippen molar-refractivity contribution in [3.63, 3.8) is 0 Å². The number of ether oxygens (including phenoxy) is 1. The smallest absolute Gasteiger partial charge is 0.370 e. The predicted molar refractivity (Wildman–Crippen MR) is 117 cm³/mol. The van der Waals surface area contributed by atoms with Gasteiger partial charge in [0.2, 0.25) is 0 Å². The maximum Gasteiger partial charge on any atom is 0.416 e. The summed E-state index contributed by atoms with van der Waals surface area (Å²) in [7, 11) is 0. The van der Waals surface area contributed by atoms with Gasteiger partial charge >= 0.3 is 12.4 Å². The summed E-state index contributed by atoms with van der Waals surface area (Å²) >= 11 is 0. The van der Waals surface area contributed by atoms with Crippen LogP contribution in [-0.2, 0) is 17.1 Å². The summed E-state index contributed by atoms with van der Waals surface area (Å²) in [6, 6.07) is 7.68. The van der Waals surface area contributed by atoms with Gasteiger partial charge in [0.15, 0.2) is 0 Å². The molecule has 35 heavy (non-hydrogen) atoms. The van der Waals surface area contributed by atoms with E-state index in [0.29, 0.717) is 6.42 Å². The molecule has 0 amide bonds. The van der Waals surface area contributed by atoms with Crippen LogP contribution in [-0.4, -0.2) is 30.6 Å². The molecule has 0 bridgehead atoms. The third-order valence-corrected chi connectivity index (χ3v) is 7.14. The van der Waals surface area contributed by atoms with Crippen LogP contribution >= 0.6 is 0 Å². The quantitative estimate of drug-likeness (QED) is 0.377. The van der Waals surface area contributed by atoms with Gasteiger partial charge in [0.05, 0.1) is 23.3 Å². The van der Waals surface area contributed by atoms with Crippen LogP contribution < -0.4 is 0 Å². The Morgan fingerprint density at radius 1 is 0.886 bits per heavy atom. The fourth-order valence-electron chi connectivity index (χ4n) is 5.42. The Kier molecular flexibility index (Phi) is 7.48. The molecular formula is C26H28F7NO. The van der Waals surface area contributed by atoms with Gasteiger partial charge in [-0.15, -0.1) is 0 Å². The number of rotatable bonds is 6. The second-order valence-electron chi connectivity index (χ2n) is 9.58. The van der Waals surface area contributed by atoms with Gasteiger partial charge in [0.25, 0.3) is 0 Å². The summed E-state index contributed by atoms with van der Waals surface area (Å²) in [6.45, 7) is 4.31. The second-order valence-corrected chi connectivity index (χ2v) is 9.58. The maximum absolute atomic E-state index is 13.6. The SMILES string of the molecule is C[C@@H](O[C@H]1CC[C@@H](CN2CCCC2)[C@@H]1c1ccc(F)cc1)c1cc(C(F)(F)F)cc(C(F)(F)F)c1. The fraction of sp³-hybridized carbons (Fsp3) is 0.538. The van der Waals surface area contributed by atoms with Crippen molar-refractivity contribution in [3.8, 4) is 0 Å². The zero-order valence-electron chi connectivity index (χ0n) is 19.3. The molecule has 1 saturated heterocycles. The molecule has 2 nitrogen and oxygen atoms in total. The largest absolute Gasteiger partial charge is 0.416 e. The Labute approximate surface area is 200 Å². The van der Waals surface area contributed by atoms with Crippen molar-refractivity contribution >= 4 is 0 Å². The van der Waals surface area contributed by atoms with Crippen LogP contribution in [0.4, 0.5) is 30.7 Å². The zero-order valence-corrected chi connectivity index (χ0v) is 19.3. The third-order valence-electron chi connectivity index (χ3n) is 7.14. The molecule has 2 aromatic rings. The molecule has 2 aromatic carbocycles. The summed E-state index contributed by atoms with van der Waals surface area (Å²) in [5.41, 5.74) is -2.02. The predicted octanol–water partition coefficient (Wildman–Crippen LogP) is 7.60. The van der Waals surface area contributed by atoms with Gasteiger partial charge in [-0.05, 0) is 93.1 Å². The number of alkyl halides is 6. The highest BCUT2D eigenvalue weighted by molar-refractivity contribution is 5.35. The van der Waals surface area contributed by atoms with Crippen LogP contribution in [0.3, 0.4) is 0 Å². The third kappa shape index (κ3) is 6.17. The van der Waals surface area contributed by atoms with Crippen LogP contribution in [0.1, 0.15) is 66.9 Å². The fourth-order valence-corrected chi connectivity index (χ4v) is 5.42. The van der Waals surface area contributed by atoms with Crippen LogP contribution in [0.25, 0.3) is 0 Å². The molecule has 1 heterocycles. The van der Waals surface area contributed by atoms with Gasteiger partial charge in [-0.25, -0.2) is 4.39 Å².